The molecule has 0 bridgehead atoms. The Bertz CT molecular complexity index is 563. The molecule has 132 valence electrons. The Morgan fingerprint density at radius 3 is 2.21 bits per heavy atom. The number of halogens is 1. The van der Waals surface area contributed by atoms with Gasteiger partial charge in [0.1, 0.15) is 5.75 Å². The van der Waals surface area contributed by atoms with E-state index in [0.29, 0.717) is 17.8 Å². The van der Waals surface area contributed by atoms with Crippen LogP contribution in [0.1, 0.15) is 73.7 Å². The van der Waals surface area contributed by atoms with E-state index in [1.165, 1.54) is 32.1 Å². The van der Waals surface area contributed by atoms with Gasteiger partial charge in [-0.05, 0) is 43.4 Å². The lowest BCUT2D eigenvalue weighted by Gasteiger charge is -2.39. The molecule has 0 saturated heterocycles. The zero-order valence-corrected chi connectivity index (χ0v) is 16.2. The van der Waals surface area contributed by atoms with E-state index < -0.39 is 0 Å². The fraction of sp³-hybridized carbons (Fsp3) is 0.650. The average molecular weight is 394 g/mol. The van der Waals surface area contributed by atoms with Gasteiger partial charge in [-0.2, -0.15) is 0 Å². The van der Waals surface area contributed by atoms with E-state index in [1.54, 1.807) is 7.11 Å². The third-order valence-corrected chi connectivity index (χ3v) is 6.22. The maximum Gasteiger partial charge on any atom is 0.258 e. The highest BCUT2D eigenvalue weighted by Crippen LogP contribution is 2.34. The number of rotatable bonds is 5. The highest BCUT2D eigenvalue weighted by atomic mass is 79.9. The molecule has 0 aromatic heterocycles. The van der Waals surface area contributed by atoms with E-state index in [0.717, 1.165) is 42.1 Å². The largest absolute Gasteiger partial charge is 0.496 e. The maximum atomic E-state index is 13.4. The molecule has 2 aliphatic carbocycles. The van der Waals surface area contributed by atoms with E-state index in [4.69, 9.17) is 4.74 Å². The third kappa shape index (κ3) is 3.79. The van der Waals surface area contributed by atoms with E-state index in [9.17, 15) is 4.79 Å². The molecule has 1 amide bonds. The summed E-state index contributed by atoms with van der Waals surface area (Å²) in [6, 6.07) is 6.78. The number of hydrogen-bond acceptors (Lipinski definition) is 2. The molecule has 2 fully saturated rings. The van der Waals surface area contributed by atoms with Crippen LogP contribution in [0.3, 0.4) is 0 Å². The number of carbonyl (C=O) groups is 1. The lowest BCUT2D eigenvalue weighted by Crippen LogP contribution is -2.47. The van der Waals surface area contributed by atoms with Crippen molar-refractivity contribution in [2.24, 2.45) is 0 Å². The molecule has 3 rings (SSSR count). The summed E-state index contributed by atoms with van der Waals surface area (Å²) in [6.45, 7) is 0. The van der Waals surface area contributed by atoms with Gasteiger partial charge in [0, 0.05) is 17.4 Å². The molecule has 0 spiro atoms. The highest BCUT2D eigenvalue weighted by Gasteiger charge is 2.34. The van der Waals surface area contributed by atoms with Gasteiger partial charge in [0.25, 0.3) is 5.91 Å². The van der Waals surface area contributed by atoms with Crippen LogP contribution >= 0.6 is 15.9 Å². The number of amides is 1. The molecule has 0 aliphatic heterocycles. The molecular formula is C20H28BrNO2. The van der Waals surface area contributed by atoms with Crippen LogP contribution in [0, 0.1) is 0 Å². The van der Waals surface area contributed by atoms with Crippen molar-refractivity contribution in [1.82, 2.24) is 4.90 Å². The van der Waals surface area contributed by atoms with Gasteiger partial charge in [0.05, 0.1) is 12.7 Å². The number of methoxy groups -OCH3 is 1. The lowest BCUT2D eigenvalue weighted by molar-refractivity contribution is 0.0514. The average Bonchev–Trinajstić information content (AvgIpc) is 3.16. The molecule has 1 aromatic carbocycles. The molecule has 0 N–H and O–H groups in total. The number of alkyl halides is 1. The Morgan fingerprint density at radius 1 is 1.08 bits per heavy atom. The zero-order chi connectivity index (χ0) is 16.9. The summed E-state index contributed by atoms with van der Waals surface area (Å²) in [4.78, 5) is 15.7. The predicted octanol–water partition coefficient (Wildman–Crippen LogP) is 5.31. The zero-order valence-electron chi connectivity index (χ0n) is 14.6. The van der Waals surface area contributed by atoms with Crippen molar-refractivity contribution in [3.63, 3.8) is 0 Å². The van der Waals surface area contributed by atoms with Gasteiger partial charge < -0.3 is 9.64 Å². The van der Waals surface area contributed by atoms with Gasteiger partial charge in [0.15, 0.2) is 0 Å². The highest BCUT2D eigenvalue weighted by molar-refractivity contribution is 9.08. The van der Waals surface area contributed by atoms with Crippen LogP contribution in [-0.4, -0.2) is 30.0 Å². The Kier molecular flexibility index (Phi) is 6.20. The van der Waals surface area contributed by atoms with E-state index in [2.05, 4.69) is 20.8 Å². The third-order valence-electron chi connectivity index (χ3n) is 5.57. The van der Waals surface area contributed by atoms with Gasteiger partial charge in [-0.3, -0.25) is 4.79 Å². The molecule has 0 heterocycles. The minimum Gasteiger partial charge on any atom is -0.496 e. The second-order valence-corrected chi connectivity index (χ2v) is 7.67. The first-order valence-corrected chi connectivity index (χ1v) is 10.4. The Morgan fingerprint density at radius 2 is 1.67 bits per heavy atom. The summed E-state index contributed by atoms with van der Waals surface area (Å²) >= 11 is 3.48. The SMILES string of the molecule is COc1cc(CBr)ccc1C(=O)N(C1CCCCC1)C1CCCC1. The van der Waals surface area contributed by atoms with Gasteiger partial charge >= 0.3 is 0 Å². The van der Waals surface area contributed by atoms with Crippen LogP contribution < -0.4 is 4.74 Å². The topological polar surface area (TPSA) is 29.5 Å². The summed E-state index contributed by atoms with van der Waals surface area (Å²) in [5.41, 5.74) is 1.85. The molecule has 3 nitrogen and oxygen atoms in total. The summed E-state index contributed by atoms with van der Waals surface area (Å²) in [5.74, 6) is 0.877. The first-order chi connectivity index (χ1) is 11.7. The first kappa shape index (κ1) is 17.8. The van der Waals surface area contributed by atoms with Crippen molar-refractivity contribution in [2.45, 2.75) is 75.2 Å². The Labute approximate surface area is 153 Å². The molecule has 4 heteroatoms. The minimum absolute atomic E-state index is 0.173. The van der Waals surface area contributed by atoms with Gasteiger partial charge in [-0.25, -0.2) is 0 Å². The second-order valence-electron chi connectivity index (χ2n) is 7.11. The van der Waals surface area contributed by atoms with Crippen molar-refractivity contribution < 1.29 is 9.53 Å². The van der Waals surface area contributed by atoms with E-state index in [1.807, 2.05) is 18.2 Å². The monoisotopic (exact) mass is 393 g/mol. The maximum absolute atomic E-state index is 13.4. The summed E-state index contributed by atoms with van der Waals surface area (Å²) in [5, 5.41) is 0.771. The van der Waals surface area contributed by atoms with Crippen LogP contribution in [0.2, 0.25) is 0 Å². The Balaban J connectivity index is 1.90. The fourth-order valence-corrected chi connectivity index (χ4v) is 4.65. The summed E-state index contributed by atoms with van der Waals surface area (Å²) in [7, 11) is 1.66. The van der Waals surface area contributed by atoms with Gasteiger partial charge in [0.2, 0.25) is 0 Å². The first-order valence-electron chi connectivity index (χ1n) is 9.30. The number of hydrogen-bond donors (Lipinski definition) is 0. The van der Waals surface area contributed by atoms with E-state index in [-0.39, 0.29) is 5.91 Å². The molecular weight excluding hydrogens is 366 g/mol. The van der Waals surface area contributed by atoms with Crippen molar-refractivity contribution in [3.05, 3.63) is 29.3 Å². The van der Waals surface area contributed by atoms with Crippen molar-refractivity contribution in [3.8, 4) is 5.75 Å². The number of carbonyl (C=O) groups excluding carboxylic acids is 1. The van der Waals surface area contributed by atoms with Crippen molar-refractivity contribution >= 4 is 21.8 Å². The number of benzene rings is 1. The van der Waals surface area contributed by atoms with Crippen LogP contribution in [0.5, 0.6) is 5.75 Å². The van der Waals surface area contributed by atoms with Crippen LogP contribution in [0.25, 0.3) is 0 Å². The van der Waals surface area contributed by atoms with Crippen LogP contribution in [0.15, 0.2) is 18.2 Å². The van der Waals surface area contributed by atoms with Crippen molar-refractivity contribution in [1.29, 1.82) is 0 Å². The summed E-state index contributed by atoms with van der Waals surface area (Å²) < 4.78 is 5.54. The quantitative estimate of drug-likeness (QED) is 0.634. The van der Waals surface area contributed by atoms with Gasteiger partial charge in [-0.1, -0.05) is 54.1 Å². The molecule has 0 unspecified atom stereocenters. The molecule has 1 aromatic rings. The molecule has 2 saturated carbocycles. The Hall–Kier alpha value is -1.03. The van der Waals surface area contributed by atoms with Crippen LogP contribution in [0.4, 0.5) is 0 Å². The van der Waals surface area contributed by atoms with E-state index >= 15 is 0 Å². The van der Waals surface area contributed by atoms with Crippen molar-refractivity contribution in [2.75, 3.05) is 7.11 Å². The second kappa shape index (κ2) is 8.37. The fourth-order valence-electron chi connectivity index (χ4n) is 4.31. The molecule has 0 atom stereocenters. The lowest BCUT2D eigenvalue weighted by atomic mass is 9.92. The minimum atomic E-state index is 0.173. The predicted molar refractivity (Wildman–Crippen MR) is 101 cm³/mol. The normalized spacial score (nSPS) is 19.4. The number of nitrogens with zero attached hydrogens (tertiary/aromatic N) is 1. The number of ether oxygens (including phenoxy) is 1. The summed E-state index contributed by atoms with van der Waals surface area (Å²) in [6.07, 6.45) is 10.9. The van der Waals surface area contributed by atoms with Gasteiger partial charge in [-0.15, -0.1) is 0 Å². The van der Waals surface area contributed by atoms with Crippen LogP contribution in [-0.2, 0) is 5.33 Å². The standard InChI is InChI=1S/C20H28BrNO2/c1-24-19-13-15(14-21)11-12-18(19)20(23)22(17-9-5-6-10-17)16-7-3-2-4-8-16/h11-13,16-17H,2-10,14H2,1H3. The molecule has 0 radical (unpaired) electrons. The smallest absolute Gasteiger partial charge is 0.258 e. The molecule has 24 heavy (non-hydrogen) atoms. The molecule has 2 aliphatic rings.